The molecule has 1 aliphatic heterocycles. The number of aliphatic hydroxyl groups is 1. The maximum absolute atomic E-state index is 11.9. The van der Waals surface area contributed by atoms with E-state index in [1.807, 2.05) is 6.07 Å². The van der Waals surface area contributed by atoms with E-state index in [2.05, 4.69) is 4.99 Å². The van der Waals surface area contributed by atoms with Gasteiger partial charge in [0, 0.05) is 5.41 Å². The average Bonchev–Trinajstić information content (AvgIpc) is 2.51. The standard InChI is InChI=1S/C18H17NO3/c20-11-5-7-18(8-6-11)14-9-12(21)1-3-16(14)19-17-4-2-13(22)10-15(17)18/h1-4,9-11,20-21H,5-8H2. The lowest BCUT2D eigenvalue weighted by Gasteiger charge is -2.44. The number of fused-ring (bicyclic) bond motifs is 4. The Morgan fingerprint density at radius 1 is 1.18 bits per heavy atom. The van der Waals surface area contributed by atoms with Crippen LogP contribution in [0.2, 0.25) is 0 Å². The van der Waals surface area contributed by atoms with Crippen LogP contribution in [0.5, 0.6) is 5.75 Å². The summed E-state index contributed by atoms with van der Waals surface area (Å²) in [6.45, 7) is 0. The van der Waals surface area contributed by atoms with E-state index >= 15 is 0 Å². The van der Waals surface area contributed by atoms with Gasteiger partial charge in [-0.1, -0.05) is 0 Å². The molecule has 0 bridgehead atoms. The van der Waals surface area contributed by atoms with Crippen molar-refractivity contribution in [1.29, 1.82) is 0 Å². The van der Waals surface area contributed by atoms with Gasteiger partial charge in [-0.15, -0.1) is 0 Å². The van der Waals surface area contributed by atoms with Gasteiger partial charge in [-0.25, -0.2) is 4.99 Å². The lowest BCUT2D eigenvalue weighted by Crippen LogP contribution is -2.40. The van der Waals surface area contributed by atoms with E-state index in [0.717, 1.165) is 35.4 Å². The van der Waals surface area contributed by atoms with Gasteiger partial charge < -0.3 is 10.2 Å². The zero-order valence-electron chi connectivity index (χ0n) is 12.1. The number of allylic oxidation sites excluding steroid dienone is 4. The third kappa shape index (κ3) is 1.87. The Labute approximate surface area is 128 Å². The van der Waals surface area contributed by atoms with E-state index in [1.165, 1.54) is 0 Å². The fourth-order valence-corrected chi connectivity index (χ4v) is 3.91. The van der Waals surface area contributed by atoms with Crippen molar-refractivity contribution in [2.24, 2.45) is 4.99 Å². The van der Waals surface area contributed by atoms with E-state index in [9.17, 15) is 15.0 Å². The maximum Gasteiger partial charge on any atom is 0.179 e. The normalized spacial score (nSPS) is 29.7. The number of phenolic OH excluding ortho intramolecular Hbond substituents is 1. The molecule has 1 aromatic rings. The third-order valence-corrected chi connectivity index (χ3v) is 5.03. The zero-order valence-corrected chi connectivity index (χ0v) is 12.1. The first kappa shape index (κ1) is 13.5. The number of hydrogen-bond donors (Lipinski definition) is 2. The minimum Gasteiger partial charge on any atom is -0.508 e. The van der Waals surface area contributed by atoms with Crippen molar-refractivity contribution < 1.29 is 15.0 Å². The summed E-state index contributed by atoms with van der Waals surface area (Å²) >= 11 is 0. The number of hydrogen-bond acceptors (Lipinski definition) is 4. The molecule has 0 saturated heterocycles. The van der Waals surface area contributed by atoms with E-state index in [1.54, 1.807) is 30.4 Å². The molecule has 2 N–H and O–H groups in total. The molecule has 1 spiro atoms. The SMILES string of the molecule is O=C1C=CC2=Nc3ccc(O)cc3C3(CCC(O)CC3)C2=C1. The second-order valence-corrected chi connectivity index (χ2v) is 6.31. The summed E-state index contributed by atoms with van der Waals surface area (Å²) in [6.07, 6.45) is 7.61. The van der Waals surface area contributed by atoms with Gasteiger partial charge in [-0.05, 0) is 73.2 Å². The minimum absolute atomic E-state index is 0.0250. The first-order valence-corrected chi connectivity index (χ1v) is 7.63. The summed E-state index contributed by atoms with van der Waals surface area (Å²) in [5.74, 6) is 0.184. The molecule has 4 nitrogen and oxygen atoms in total. The Balaban J connectivity index is 1.96. The number of phenols is 1. The molecule has 4 heteroatoms. The third-order valence-electron chi connectivity index (χ3n) is 5.03. The number of ketones is 1. The molecule has 0 radical (unpaired) electrons. The van der Waals surface area contributed by atoms with E-state index in [0.29, 0.717) is 12.8 Å². The Hall–Kier alpha value is -2.20. The maximum atomic E-state index is 11.9. The Morgan fingerprint density at radius 3 is 2.73 bits per heavy atom. The molecule has 0 unspecified atom stereocenters. The van der Waals surface area contributed by atoms with Gasteiger partial charge in [0.25, 0.3) is 0 Å². The fourth-order valence-electron chi connectivity index (χ4n) is 3.91. The fraction of sp³-hybridized carbons (Fsp3) is 0.333. The number of nitrogens with zero attached hydrogens (tertiary/aromatic N) is 1. The summed E-state index contributed by atoms with van der Waals surface area (Å²) in [5.41, 5.74) is 3.25. The Morgan fingerprint density at radius 2 is 1.95 bits per heavy atom. The van der Waals surface area contributed by atoms with Crippen LogP contribution in [0.15, 0.2) is 47.0 Å². The lowest BCUT2D eigenvalue weighted by molar-refractivity contribution is -0.110. The number of aliphatic imine (C=N–C) groups is 1. The predicted octanol–water partition coefficient (Wildman–Crippen LogP) is 2.72. The van der Waals surface area contributed by atoms with Crippen LogP contribution in [0.4, 0.5) is 5.69 Å². The second kappa shape index (κ2) is 4.65. The van der Waals surface area contributed by atoms with Crippen LogP contribution in [0.3, 0.4) is 0 Å². The van der Waals surface area contributed by atoms with Crippen LogP contribution in [-0.4, -0.2) is 27.8 Å². The first-order valence-electron chi connectivity index (χ1n) is 7.63. The van der Waals surface area contributed by atoms with Gasteiger partial charge in [0.1, 0.15) is 5.75 Å². The summed E-state index contributed by atoms with van der Waals surface area (Å²) in [6, 6.07) is 5.23. The van der Waals surface area contributed by atoms with Gasteiger partial charge in [-0.2, -0.15) is 0 Å². The number of aliphatic hydroxyl groups excluding tert-OH is 1. The van der Waals surface area contributed by atoms with Crippen LogP contribution in [0, 0.1) is 0 Å². The Kier molecular flexibility index (Phi) is 2.84. The van der Waals surface area contributed by atoms with Gasteiger partial charge in [-0.3, -0.25) is 4.79 Å². The number of aromatic hydroxyl groups is 1. The summed E-state index contributed by atoms with van der Waals surface area (Å²) in [5, 5.41) is 19.8. The minimum atomic E-state index is -0.329. The highest BCUT2D eigenvalue weighted by atomic mass is 16.3. The van der Waals surface area contributed by atoms with Crippen molar-refractivity contribution in [2.45, 2.75) is 37.2 Å². The number of carbonyl (C=O) groups is 1. The molecular formula is C18H17NO3. The molecule has 22 heavy (non-hydrogen) atoms. The number of rotatable bonds is 0. The van der Waals surface area contributed by atoms with Crippen LogP contribution < -0.4 is 0 Å². The van der Waals surface area contributed by atoms with Crippen molar-refractivity contribution in [3.63, 3.8) is 0 Å². The number of carbonyl (C=O) groups excluding carboxylic acids is 1. The van der Waals surface area contributed by atoms with Crippen LogP contribution >= 0.6 is 0 Å². The van der Waals surface area contributed by atoms with Crippen molar-refractivity contribution in [2.75, 3.05) is 0 Å². The van der Waals surface area contributed by atoms with Gasteiger partial charge in [0.05, 0.1) is 17.5 Å². The highest BCUT2D eigenvalue weighted by Gasteiger charge is 2.45. The molecule has 3 aliphatic rings. The van der Waals surface area contributed by atoms with E-state index in [4.69, 9.17) is 0 Å². The summed E-state index contributed by atoms with van der Waals surface area (Å²) in [4.78, 5) is 16.5. The molecule has 1 heterocycles. The van der Waals surface area contributed by atoms with Crippen molar-refractivity contribution in [1.82, 2.24) is 0 Å². The van der Waals surface area contributed by atoms with Crippen molar-refractivity contribution in [3.05, 3.63) is 47.6 Å². The van der Waals surface area contributed by atoms with Gasteiger partial charge >= 0.3 is 0 Å². The largest absolute Gasteiger partial charge is 0.508 e. The highest BCUT2D eigenvalue weighted by Crippen LogP contribution is 2.52. The quantitative estimate of drug-likeness (QED) is 0.723. The van der Waals surface area contributed by atoms with Gasteiger partial charge in [0.15, 0.2) is 5.78 Å². The molecule has 1 aromatic carbocycles. The molecule has 4 rings (SSSR count). The van der Waals surface area contributed by atoms with Crippen LogP contribution in [0.1, 0.15) is 31.2 Å². The van der Waals surface area contributed by atoms with Gasteiger partial charge in [0.2, 0.25) is 0 Å². The molecule has 0 aromatic heterocycles. The molecule has 1 saturated carbocycles. The Bertz CT molecular complexity index is 750. The topological polar surface area (TPSA) is 69.9 Å². The smallest absolute Gasteiger partial charge is 0.179 e. The van der Waals surface area contributed by atoms with Crippen LogP contribution in [-0.2, 0) is 10.2 Å². The van der Waals surface area contributed by atoms with E-state index in [-0.39, 0.29) is 23.1 Å². The predicted molar refractivity (Wildman–Crippen MR) is 83.6 cm³/mol. The van der Waals surface area contributed by atoms with E-state index < -0.39 is 0 Å². The number of benzene rings is 1. The summed E-state index contributed by atoms with van der Waals surface area (Å²) in [7, 11) is 0. The second-order valence-electron chi connectivity index (χ2n) is 6.31. The molecule has 112 valence electrons. The molecule has 0 atom stereocenters. The first-order chi connectivity index (χ1) is 10.6. The lowest BCUT2D eigenvalue weighted by atomic mass is 9.61. The molecule has 0 amide bonds. The highest BCUT2D eigenvalue weighted by molar-refractivity contribution is 6.22. The molecular weight excluding hydrogens is 278 g/mol. The summed E-state index contributed by atoms with van der Waals surface area (Å²) < 4.78 is 0. The average molecular weight is 295 g/mol. The monoisotopic (exact) mass is 295 g/mol. The van der Waals surface area contributed by atoms with Crippen molar-refractivity contribution in [3.8, 4) is 5.75 Å². The van der Waals surface area contributed by atoms with Crippen molar-refractivity contribution >= 4 is 17.2 Å². The molecule has 1 fully saturated rings. The zero-order chi connectivity index (χ0) is 15.3. The van der Waals surface area contributed by atoms with Crippen LogP contribution in [0.25, 0.3) is 0 Å². The molecule has 2 aliphatic carbocycles.